The van der Waals surface area contributed by atoms with Crippen molar-refractivity contribution < 1.29 is 0 Å². The Morgan fingerprint density at radius 2 is 2.44 bits per heavy atom. The third kappa shape index (κ3) is 1.24. The zero-order valence-corrected chi connectivity index (χ0v) is 7.23. The maximum absolute atomic E-state index is 4.07. The summed E-state index contributed by atoms with van der Waals surface area (Å²) in [6.07, 6.45) is 4.81. The van der Waals surface area contributed by atoms with E-state index >= 15 is 0 Å². The standard InChI is InChI=1S/C5H7BrN2S/c6-8-7-3-5(9-8)4-1-2-4/h3-5H,1-2H2. The van der Waals surface area contributed by atoms with Crippen molar-refractivity contribution >= 4 is 34.3 Å². The molecule has 2 aliphatic rings. The molecular formula is C5H7BrN2S. The normalized spacial score (nSPS) is 33.9. The average Bonchev–Trinajstić information content (AvgIpc) is 2.58. The molecule has 50 valence electrons. The summed E-state index contributed by atoms with van der Waals surface area (Å²) in [6.45, 7) is 0. The van der Waals surface area contributed by atoms with E-state index in [-0.39, 0.29) is 0 Å². The second kappa shape index (κ2) is 2.16. The molecule has 1 fully saturated rings. The Morgan fingerprint density at radius 1 is 1.67 bits per heavy atom. The van der Waals surface area contributed by atoms with Gasteiger partial charge in [-0.05, 0) is 30.7 Å². The number of halogens is 1. The van der Waals surface area contributed by atoms with Crippen molar-refractivity contribution in [3.63, 3.8) is 0 Å². The fraction of sp³-hybridized carbons (Fsp3) is 0.800. The first-order valence-corrected chi connectivity index (χ1v) is 4.57. The summed E-state index contributed by atoms with van der Waals surface area (Å²) in [6, 6.07) is 0. The molecule has 9 heavy (non-hydrogen) atoms. The summed E-state index contributed by atoms with van der Waals surface area (Å²) >= 11 is 5.04. The molecular weight excluding hydrogens is 200 g/mol. The van der Waals surface area contributed by atoms with Gasteiger partial charge in [0.15, 0.2) is 0 Å². The molecule has 0 amide bonds. The van der Waals surface area contributed by atoms with E-state index in [1.54, 1.807) is 15.4 Å². The minimum Gasteiger partial charge on any atom is -0.170 e. The van der Waals surface area contributed by atoms with Crippen LogP contribution in [0, 0.1) is 5.92 Å². The molecule has 4 heteroatoms. The van der Waals surface area contributed by atoms with Crippen molar-refractivity contribution in [3.8, 4) is 0 Å². The topological polar surface area (TPSA) is 15.6 Å². The molecule has 0 saturated heterocycles. The summed E-state index contributed by atoms with van der Waals surface area (Å²) < 4.78 is 1.76. The highest BCUT2D eigenvalue weighted by molar-refractivity contribution is 9.09. The molecule has 1 unspecified atom stereocenters. The molecule has 1 atom stereocenters. The van der Waals surface area contributed by atoms with E-state index in [2.05, 4.69) is 21.2 Å². The lowest BCUT2D eigenvalue weighted by Gasteiger charge is -2.03. The Bertz CT molecular complexity index is 146. The van der Waals surface area contributed by atoms with Crippen molar-refractivity contribution in [2.75, 3.05) is 0 Å². The van der Waals surface area contributed by atoms with E-state index in [4.69, 9.17) is 0 Å². The van der Waals surface area contributed by atoms with E-state index in [0.29, 0.717) is 5.25 Å². The third-order valence-corrected chi connectivity index (χ3v) is 3.30. The van der Waals surface area contributed by atoms with Gasteiger partial charge in [0.25, 0.3) is 0 Å². The molecule has 0 N–H and O–H groups in total. The Hall–Kier alpha value is 0.300. The molecule has 0 aromatic rings. The largest absolute Gasteiger partial charge is 0.170 e. The molecule has 1 aliphatic carbocycles. The summed E-state index contributed by atoms with van der Waals surface area (Å²) in [5.74, 6) is 0.918. The average molecular weight is 207 g/mol. The van der Waals surface area contributed by atoms with Crippen molar-refractivity contribution in [2.45, 2.75) is 18.1 Å². The van der Waals surface area contributed by atoms with Gasteiger partial charge in [0.1, 0.15) is 0 Å². The Balaban J connectivity index is 1.94. The smallest absolute Gasteiger partial charge is 0.0835 e. The van der Waals surface area contributed by atoms with E-state index in [1.165, 1.54) is 12.8 Å². The van der Waals surface area contributed by atoms with Crippen LogP contribution in [0.2, 0.25) is 0 Å². The number of rotatable bonds is 1. The molecule has 0 spiro atoms. The number of hydrazone groups is 1. The van der Waals surface area contributed by atoms with Gasteiger partial charge in [0.05, 0.1) is 21.4 Å². The highest BCUT2D eigenvalue weighted by atomic mass is 79.9. The van der Waals surface area contributed by atoms with Crippen LogP contribution in [0.3, 0.4) is 0 Å². The fourth-order valence-electron chi connectivity index (χ4n) is 0.906. The zero-order valence-electron chi connectivity index (χ0n) is 4.83. The summed E-state index contributed by atoms with van der Waals surface area (Å²) in [7, 11) is 0. The van der Waals surface area contributed by atoms with Gasteiger partial charge in [-0.1, -0.05) is 0 Å². The van der Waals surface area contributed by atoms with E-state index in [9.17, 15) is 0 Å². The lowest BCUT2D eigenvalue weighted by Crippen LogP contribution is -2.02. The van der Waals surface area contributed by atoms with Crippen LogP contribution in [0.25, 0.3) is 0 Å². The van der Waals surface area contributed by atoms with Crippen LogP contribution in [0.15, 0.2) is 5.10 Å². The van der Waals surface area contributed by atoms with Crippen LogP contribution in [-0.2, 0) is 0 Å². The zero-order chi connectivity index (χ0) is 6.27. The van der Waals surface area contributed by atoms with E-state index in [1.807, 2.05) is 6.21 Å². The van der Waals surface area contributed by atoms with Crippen molar-refractivity contribution in [3.05, 3.63) is 0 Å². The van der Waals surface area contributed by atoms with Crippen LogP contribution in [0.5, 0.6) is 0 Å². The first kappa shape index (κ1) is 6.04. The fourth-order valence-corrected chi connectivity index (χ4v) is 2.45. The maximum atomic E-state index is 4.07. The van der Waals surface area contributed by atoms with E-state index in [0.717, 1.165) is 5.92 Å². The Morgan fingerprint density at radius 3 is 2.89 bits per heavy atom. The molecule has 0 aromatic carbocycles. The molecule has 1 heterocycles. The molecule has 1 saturated carbocycles. The summed E-state index contributed by atoms with van der Waals surface area (Å²) in [4.78, 5) is 0. The molecule has 0 radical (unpaired) electrons. The lowest BCUT2D eigenvalue weighted by molar-refractivity contribution is 0.868. The summed E-state index contributed by atoms with van der Waals surface area (Å²) in [5.41, 5.74) is 0. The molecule has 2 rings (SSSR count). The first-order valence-electron chi connectivity index (χ1n) is 3.03. The quantitative estimate of drug-likeness (QED) is 0.483. The number of hydrogen-bond acceptors (Lipinski definition) is 3. The monoisotopic (exact) mass is 206 g/mol. The SMILES string of the molecule is BrN1N=CC(C2CC2)S1. The third-order valence-electron chi connectivity index (χ3n) is 1.60. The lowest BCUT2D eigenvalue weighted by atomic mass is 10.3. The number of nitrogens with zero attached hydrogens (tertiary/aromatic N) is 2. The van der Waals surface area contributed by atoms with E-state index < -0.39 is 0 Å². The minimum atomic E-state index is 0.657. The van der Waals surface area contributed by atoms with Crippen molar-refractivity contribution in [1.29, 1.82) is 0 Å². The maximum Gasteiger partial charge on any atom is 0.0835 e. The molecule has 1 aliphatic heterocycles. The van der Waals surface area contributed by atoms with Gasteiger partial charge in [-0.2, -0.15) is 8.54 Å². The van der Waals surface area contributed by atoms with Gasteiger partial charge in [0, 0.05) is 6.21 Å². The van der Waals surface area contributed by atoms with Crippen molar-refractivity contribution in [1.82, 2.24) is 3.44 Å². The Kier molecular flexibility index (Phi) is 1.45. The van der Waals surface area contributed by atoms with Gasteiger partial charge < -0.3 is 0 Å². The van der Waals surface area contributed by atoms with Gasteiger partial charge in [-0.15, -0.1) is 0 Å². The second-order valence-corrected chi connectivity index (χ2v) is 4.64. The van der Waals surface area contributed by atoms with Crippen molar-refractivity contribution in [2.24, 2.45) is 11.0 Å². The van der Waals surface area contributed by atoms with Crippen LogP contribution >= 0.6 is 28.1 Å². The molecule has 2 nitrogen and oxygen atoms in total. The van der Waals surface area contributed by atoms with Crippen LogP contribution < -0.4 is 0 Å². The van der Waals surface area contributed by atoms with Gasteiger partial charge in [-0.3, -0.25) is 0 Å². The van der Waals surface area contributed by atoms with Crippen LogP contribution in [0.4, 0.5) is 0 Å². The Labute approximate surface area is 67.1 Å². The van der Waals surface area contributed by atoms with Gasteiger partial charge in [0.2, 0.25) is 0 Å². The first-order chi connectivity index (χ1) is 4.36. The predicted octanol–water partition coefficient (Wildman–Crippen LogP) is 2.02. The molecule has 0 aromatic heterocycles. The highest BCUT2D eigenvalue weighted by Crippen LogP contribution is 2.42. The predicted molar refractivity (Wildman–Crippen MR) is 43.4 cm³/mol. The van der Waals surface area contributed by atoms with Gasteiger partial charge in [-0.25, -0.2) is 0 Å². The summed E-state index contributed by atoms with van der Waals surface area (Å²) in [5, 5.41) is 4.72. The number of hydrogen-bond donors (Lipinski definition) is 0. The van der Waals surface area contributed by atoms with Crippen LogP contribution in [0.1, 0.15) is 12.8 Å². The highest BCUT2D eigenvalue weighted by Gasteiger charge is 2.34. The second-order valence-electron chi connectivity index (χ2n) is 2.40. The molecule has 0 bridgehead atoms. The van der Waals surface area contributed by atoms with Gasteiger partial charge >= 0.3 is 0 Å². The van der Waals surface area contributed by atoms with Crippen LogP contribution in [-0.4, -0.2) is 14.9 Å². The minimum absolute atomic E-state index is 0.657.